The molecule has 0 rings (SSSR count). The summed E-state index contributed by atoms with van der Waals surface area (Å²) in [7, 11) is 0. The van der Waals surface area contributed by atoms with Gasteiger partial charge in [0.25, 0.3) is 0 Å². The largest absolute Gasteiger partial charge is 0.636 e. The lowest BCUT2D eigenvalue weighted by atomic mass is 10.1. The third-order valence-electron chi connectivity index (χ3n) is 3.08. The molecule has 1 amide bonds. The first kappa shape index (κ1) is 17.4. The van der Waals surface area contributed by atoms with Crippen molar-refractivity contribution in [1.82, 2.24) is 5.32 Å². The van der Waals surface area contributed by atoms with Crippen molar-refractivity contribution in [3.8, 4) is 0 Å². The van der Waals surface area contributed by atoms with Crippen molar-refractivity contribution < 1.29 is 10.3 Å². The molecule has 0 atom stereocenters. The lowest BCUT2D eigenvalue weighted by Gasteiger charge is -2.05. The van der Waals surface area contributed by atoms with Crippen molar-refractivity contribution in [3.05, 3.63) is 5.21 Å². The smallest absolute Gasteiger partial charge is 0.219 e. The van der Waals surface area contributed by atoms with Gasteiger partial charge < -0.3 is 16.0 Å². The molecule has 0 aliphatic rings. The number of nitrogens with two attached hydrogens (primary N) is 1. The number of carbonyl (C=O) groups is 1. The molecule has 0 heterocycles. The number of hydroxylamine groups is 1. The summed E-state index contributed by atoms with van der Waals surface area (Å²) in [5.74, 6) is 0.131. The summed E-state index contributed by atoms with van der Waals surface area (Å²) in [5, 5.41) is 12.9. The Hall–Kier alpha value is -0.610. The monoisotopic (exact) mass is 258 g/mol. The third kappa shape index (κ3) is 13.5. The molecule has 0 aliphatic heterocycles. The maximum atomic E-state index is 11.4. The standard InChI is InChI=1S/C14H30N2O2/c1-2-3-4-5-6-7-8-9-11-14(17)15-12-10-13-16-18/h2-13,16H2,1H3,(H,15,17). The minimum atomic E-state index is 0.131. The fourth-order valence-corrected chi connectivity index (χ4v) is 1.92. The van der Waals surface area contributed by atoms with Crippen LogP contribution in [0.25, 0.3) is 0 Å². The van der Waals surface area contributed by atoms with Gasteiger partial charge in [0.05, 0.1) is 6.54 Å². The molecule has 0 unspecified atom stereocenters. The first-order valence-corrected chi connectivity index (χ1v) is 7.51. The van der Waals surface area contributed by atoms with Crippen molar-refractivity contribution in [2.75, 3.05) is 13.1 Å². The number of hydrogen-bond donors (Lipinski definition) is 2. The van der Waals surface area contributed by atoms with Gasteiger partial charge in [-0.1, -0.05) is 51.9 Å². The van der Waals surface area contributed by atoms with Crippen LogP contribution in [0.15, 0.2) is 0 Å². The Morgan fingerprint density at radius 2 is 1.61 bits per heavy atom. The van der Waals surface area contributed by atoms with Gasteiger partial charge >= 0.3 is 0 Å². The average Bonchev–Trinajstić information content (AvgIpc) is 2.38. The van der Waals surface area contributed by atoms with Crippen molar-refractivity contribution in [3.63, 3.8) is 0 Å². The molecule has 0 fully saturated rings. The lowest BCUT2D eigenvalue weighted by molar-refractivity contribution is -0.588. The third-order valence-corrected chi connectivity index (χ3v) is 3.08. The molecule has 4 heteroatoms. The minimum Gasteiger partial charge on any atom is -0.636 e. The summed E-state index contributed by atoms with van der Waals surface area (Å²) in [6, 6.07) is 0. The van der Waals surface area contributed by atoms with Crippen LogP contribution in [0.2, 0.25) is 0 Å². The highest BCUT2D eigenvalue weighted by Gasteiger charge is 2.00. The Morgan fingerprint density at radius 1 is 1.00 bits per heavy atom. The van der Waals surface area contributed by atoms with Gasteiger partial charge in [0.1, 0.15) is 0 Å². The molecule has 4 nitrogen and oxygen atoms in total. The minimum absolute atomic E-state index is 0.131. The van der Waals surface area contributed by atoms with Gasteiger partial charge in [-0.2, -0.15) is 0 Å². The van der Waals surface area contributed by atoms with Gasteiger partial charge in [0.2, 0.25) is 5.91 Å². The Labute approximate surface area is 111 Å². The van der Waals surface area contributed by atoms with E-state index in [1.165, 1.54) is 38.5 Å². The number of rotatable bonds is 13. The van der Waals surface area contributed by atoms with E-state index < -0.39 is 0 Å². The van der Waals surface area contributed by atoms with E-state index in [1.807, 2.05) is 0 Å². The normalized spacial score (nSPS) is 10.6. The number of carbonyl (C=O) groups excluding carboxylic acids is 1. The number of unbranched alkanes of at least 4 members (excludes halogenated alkanes) is 7. The molecule has 0 radical (unpaired) electrons. The zero-order valence-electron chi connectivity index (χ0n) is 11.9. The van der Waals surface area contributed by atoms with E-state index in [1.54, 1.807) is 0 Å². The highest BCUT2D eigenvalue weighted by molar-refractivity contribution is 5.75. The van der Waals surface area contributed by atoms with Crippen LogP contribution < -0.4 is 10.8 Å². The molecule has 0 saturated heterocycles. The van der Waals surface area contributed by atoms with Crippen LogP contribution >= 0.6 is 0 Å². The Morgan fingerprint density at radius 3 is 2.22 bits per heavy atom. The predicted molar refractivity (Wildman–Crippen MR) is 75.0 cm³/mol. The molecule has 0 aromatic rings. The lowest BCUT2D eigenvalue weighted by Crippen LogP contribution is -2.77. The van der Waals surface area contributed by atoms with Crippen LogP contribution in [-0.4, -0.2) is 19.0 Å². The molecular formula is C14H30N2O2. The second kappa shape index (κ2) is 14.5. The fourth-order valence-electron chi connectivity index (χ4n) is 1.92. The molecule has 0 aliphatic carbocycles. The van der Waals surface area contributed by atoms with Gasteiger partial charge in [-0.05, 0) is 6.42 Å². The molecule has 0 bridgehead atoms. The van der Waals surface area contributed by atoms with E-state index >= 15 is 0 Å². The fraction of sp³-hybridized carbons (Fsp3) is 0.929. The molecule has 108 valence electrons. The van der Waals surface area contributed by atoms with Gasteiger partial charge in [0.15, 0.2) is 0 Å². The zero-order chi connectivity index (χ0) is 13.5. The molecule has 3 N–H and O–H groups in total. The summed E-state index contributed by atoms with van der Waals surface area (Å²) in [5.41, 5.74) is 0.894. The summed E-state index contributed by atoms with van der Waals surface area (Å²) < 4.78 is 0. The second-order valence-corrected chi connectivity index (χ2v) is 4.88. The average molecular weight is 258 g/mol. The van der Waals surface area contributed by atoms with Crippen LogP contribution in [0, 0.1) is 5.21 Å². The molecule has 0 saturated carbocycles. The number of hydrogen-bond acceptors (Lipinski definition) is 2. The first-order chi connectivity index (χ1) is 8.81. The van der Waals surface area contributed by atoms with Crippen molar-refractivity contribution >= 4 is 5.91 Å². The van der Waals surface area contributed by atoms with E-state index in [0.29, 0.717) is 19.5 Å². The Balaban J connectivity index is 3.10. The topological polar surface area (TPSA) is 68.8 Å². The van der Waals surface area contributed by atoms with Gasteiger partial charge in [-0.25, -0.2) is 0 Å². The Bertz CT molecular complexity index is 187. The summed E-state index contributed by atoms with van der Waals surface area (Å²) in [4.78, 5) is 11.4. The number of quaternary nitrogens is 1. The highest BCUT2D eigenvalue weighted by Crippen LogP contribution is 2.09. The van der Waals surface area contributed by atoms with Crippen molar-refractivity contribution in [2.45, 2.75) is 71.1 Å². The first-order valence-electron chi connectivity index (χ1n) is 7.51. The molecule has 0 aromatic carbocycles. The SMILES string of the molecule is CCCCCCCCCCC(=O)NCCC[NH2+][O-]. The summed E-state index contributed by atoms with van der Waals surface area (Å²) >= 11 is 0. The van der Waals surface area contributed by atoms with Crippen molar-refractivity contribution in [1.29, 1.82) is 0 Å². The Kier molecular flexibility index (Phi) is 14.0. The molecule has 18 heavy (non-hydrogen) atoms. The van der Waals surface area contributed by atoms with Crippen LogP contribution in [-0.2, 0) is 4.79 Å². The van der Waals surface area contributed by atoms with Crippen LogP contribution in [0.4, 0.5) is 0 Å². The highest BCUT2D eigenvalue weighted by atomic mass is 16.5. The van der Waals surface area contributed by atoms with E-state index in [4.69, 9.17) is 0 Å². The predicted octanol–water partition coefficient (Wildman–Crippen LogP) is 2.08. The zero-order valence-corrected chi connectivity index (χ0v) is 11.9. The summed E-state index contributed by atoms with van der Waals surface area (Å²) in [6.45, 7) is 3.40. The van der Waals surface area contributed by atoms with E-state index in [-0.39, 0.29) is 5.91 Å². The molecule has 0 spiro atoms. The van der Waals surface area contributed by atoms with E-state index in [2.05, 4.69) is 12.2 Å². The van der Waals surface area contributed by atoms with Crippen LogP contribution in [0.5, 0.6) is 0 Å². The summed E-state index contributed by atoms with van der Waals surface area (Å²) in [6.07, 6.45) is 11.4. The van der Waals surface area contributed by atoms with Crippen LogP contribution in [0.3, 0.4) is 0 Å². The molecule has 0 aromatic heterocycles. The van der Waals surface area contributed by atoms with Crippen molar-refractivity contribution in [2.24, 2.45) is 0 Å². The van der Waals surface area contributed by atoms with E-state index in [9.17, 15) is 10.0 Å². The quantitative estimate of drug-likeness (QED) is 0.392. The van der Waals surface area contributed by atoms with Gasteiger partial charge in [-0.3, -0.25) is 4.79 Å². The van der Waals surface area contributed by atoms with Gasteiger partial charge in [0, 0.05) is 19.4 Å². The van der Waals surface area contributed by atoms with Gasteiger partial charge in [-0.15, -0.1) is 0 Å². The number of nitrogens with one attached hydrogen (secondary N) is 1. The second-order valence-electron chi connectivity index (χ2n) is 4.88. The van der Waals surface area contributed by atoms with E-state index in [0.717, 1.165) is 24.7 Å². The maximum absolute atomic E-state index is 11.4. The molecular weight excluding hydrogens is 228 g/mol. The van der Waals surface area contributed by atoms with Crippen LogP contribution in [0.1, 0.15) is 71.1 Å². The maximum Gasteiger partial charge on any atom is 0.219 e. The number of amides is 1.